The molecular weight excluding hydrogens is 291 g/mol. The van der Waals surface area contributed by atoms with Crippen molar-refractivity contribution in [2.75, 3.05) is 12.3 Å². The van der Waals surface area contributed by atoms with E-state index in [-0.39, 0.29) is 11.7 Å². The lowest BCUT2D eigenvalue weighted by Crippen LogP contribution is -2.49. The second-order valence-electron chi connectivity index (χ2n) is 4.50. The lowest BCUT2D eigenvalue weighted by molar-refractivity contribution is -0.120. The second kappa shape index (κ2) is 6.66. The molecule has 3 nitrogen and oxygen atoms in total. The first-order chi connectivity index (χ1) is 8.34. The summed E-state index contributed by atoms with van der Waals surface area (Å²) >= 11 is 13.2. The monoisotopic (exact) mass is 306 g/mol. The highest BCUT2D eigenvalue weighted by atomic mass is 35.5. The van der Waals surface area contributed by atoms with Crippen LogP contribution in [-0.2, 0) is 4.79 Å². The zero-order valence-electron chi connectivity index (χ0n) is 10.3. The van der Waals surface area contributed by atoms with E-state index in [9.17, 15) is 4.79 Å². The van der Waals surface area contributed by atoms with E-state index in [0.717, 1.165) is 4.90 Å². The standard InChI is InChI=1S/C12H16Cl2N2OS/c1-12(2,7-15)16-11(17)6-18-10-5-8(13)3-4-9(10)14/h3-5H,6-7,15H2,1-2H3,(H,16,17). The van der Waals surface area contributed by atoms with Crippen molar-refractivity contribution in [1.29, 1.82) is 0 Å². The van der Waals surface area contributed by atoms with Crippen LogP contribution in [0.25, 0.3) is 0 Å². The summed E-state index contributed by atoms with van der Waals surface area (Å²) < 4.78 is 0. The van der Waals surface area contributed by atoms with Crippen LogP contribution in [0.1, 0.15) is 13.8 Å². The third-order valence-electron chi connectivity index (χ3n) is 2.24. The average molecular weight is 307 g/mol. The van der Waals surface area contributed by atoms with E-state index in [1.165, 1.54) is 11.8 Å². The van der Waals surface area contributed by atoms with Crippen LogP contribution in [0.15, 0.2) is 23.1 Å². The Morgan fingerprint density at radius 3 is 2.72 bits per heavy atom. The van der Waals surface area contributed by atoms with E-state index in [0.29, 0.717) is 16.6 Å². The highest BCUT2D eigenvalue weighted by Crippen LogP contribution is 2.29. The first-order valence-corrected chi connectivity index (χ1v) is 7.17. The molecule has 0 atom stereocenters. The summed E-state index contributed by atoms with van der Waals surface area (Å²) in [6, 6.07) is 5.18. The molecule has 3 N–H and O–H groups in total. The van der Waals surface area contributed by atoms with E-state index < -0.39 is 5.54 Å². The number of hydrogen-bond acceptors (Lipinski definition) is 3. The van der Waals surface area contributed by atoms with Gasteiger partial charge in [0.05, 0.1) is 10.8 Å². The Labute approximate surface area is 121 Å². The van der Waals surface area contributed by atoms with Gasteiger partial charge in [-0.3, -0.25) is 4.79 Å². The molecule has 6 heteroatoms. The number of carbonyl (C=O) groups excluding carboxylic acids is 1. The van der Waals surface area contributed by atoms with Crippen LogP contribution in [0.5, 0.6) is 0 Å². The molecule has 1 aromatic carbocycles. The average Bonchev–Trinajstić information content (AvgIpc) is 2.30. The molecule has 1 aromatic rings. The summed E-state index contributed by atoms with van der Waals surface area (Å²) in [7, 11) is 0. The molecule has 0 aliphatic carbocycles. The highest BCUT2D eigenvalue weighted by molar-refractivity contribution is 8.00. The van der Waals surface area contributed by atoms with Crippen molar-refractivity contribution in [2.45, 2.75) is 24.3 Å². The van der Waals surface area contributed by atoms with Gasteiger partial charge in [0.25, 0.3) is 0 Å². The van der Waals surface area contributed by atoms with Crippen molar-refractivity contribution < 1.29 is 4.79 Å². The van der Waals surface area contributed by atoms with Gasteiger partial charge in [0.2, 0.25) is 5.91 Å². The van der Waals surface area contributed by atoms with Gasteiger partial charge >= 0.3 is 0 Å². The SMILES string of the molecule is CC(C)(CN)NC(=O)CSc1cc(Cl)ccc1Cl. The summed E-state index contributed by atoms with van der Waals surface area (Å²) in [5.74, 6) is 0.204. The molecule has 0 heterocycles. The zero-order chi connectivity index (χ0) is 13.8. The Hall–Kier alpha value is -0.420. The Morgan fingerprint density at radius 2 is 2.11 bits per heavy atom. The van der Waals surface area contributed by atoms with E-state index in [2.05, 4.69) is 5.32 Å². The highest BCUT2D eigenvalue weighted by Gasteiger charge is 2.18. The predicted octanol–water partition coefficient (Wildman–Crippen LogP) is 2.94. The van der Waals surface area contributed by atoms with Crippen LogP contribution in [0.3, 0.4) is 0 Å². The lowest BCUT2D eigenvalue weighted by atomic mass is 10.1. The van der Waals surface area contributed by atoms with E-state index in [4.69, 9.17) is 28.9 Å². The van der Waals surface area contributed by atoms with E-state index in [1.807, 2.05) is 13.8 Å². The Bertz CT molecular complexity index is 438. The van der Waals surface area contributed by atoms with Gasteiger partial charge in [-0.25, -0.2) is 0 Å². The van der Waals surface area contributed by atoms with Crippen molar-refractivity contribution in [2.24, 2.45) is 5.73 Å². The van der Waals surface area contributed by atoms with Gasteiger partial charge in [0.15, 0.2) is 0 Å². The normalized spacial score (nSPS) is 11.4. The zero-order valence-corrected chi connectivity index (χ0v) is 12.6. The minimum absolute atomic E-state index is 0.0773. The van der Waals surface area contributed by atoms with E-state index in [1.54, 1.807) is 18.2 Å². The maximum absolute atomic E-state index is 11.7. The van der Waals surface area contributed by atoms with Crippen molar-refractivity contribution in [3.8, 4) is 0 Å². The third kappa shape index (κ3) is 5.06. The largest absolute Gasteiger partial charge is 0.349 e. The molecular formula is C12H16Cl2N2OS. The predicted molar refractivity (Wildman–Crippen MR) is 78.5 cm³/mol. The number of thioether (sulfide) groups is 1. The van der Waals surface area contributed by atoms with Crippen LogP contribution >= 0.6 is 35.0 Å². The summed E-state index contributed by atoms with van der Waals surface area (Å²) in [5, 5.41) is 4.04. The third-order valence-corrected chi connectivity index (χ3v) is 3.97. The van der Waals surface area contributed by atoms with Crippen molar-refractivity contribution in [3.63, 3.8) is 0 Å². The van der Waals surface area contributed by atoms with Gasteiger partial charge in [-0.05, 0) is 32.0 Å². The first-order valence-electron chi connectivity index (χ1n) is 5.43. The van der Waals surface area contributed by atoms with Gasteiger partial charge in [-0.2, -0.15) is 0 Å². The topological polar surface area (TPSA) is 55.1 Å². The van der Waals surface area contributed by atoms with Gasteiger partial charge in [-0.1, -0.05) is 23.2 Å². The molecule has 100 valence electrons. The fraction of sp³-hybridized carbons (Fsp3) is 0.417. The van der Waals surface area contributed by atoms with Crippen LogP contribution in [0.4, 0.5) is 0 Å². The number of halogens is 2. The molecule has 0 aliphatic rings. The van der Waals surface area contributed by atoms with Crippen molar-refractivity contribution in [1.82, 2.24) is 5.32 Å². The van der Waals surface area contributed by atoms with Crippen LogP contribution < -0.4 is 11.1 Å². The molecule has 0 fully saturated rings. The molecule has 0 radical (unpaired) electrons. The molecule has 0 saturated carbocycles. The Balaban J connectivity index is 2.55. The molecule has 0 bridgehead atoms. The van der Waals surface area contributed by atoms with Crippen molar-refractivity contribution >= 4 is 40.9 Å². The molecule has 0 spiro atoms. The lowest BCUT2D eigenvalue weighted by Gasteiger charge is -2.24. The molecule has 18 heavy (non-hydrogen) atoms. The number of nitrogens with two attached hydrogens (primary N) is 1. The number of benzene rings is 1. The van der Waals surface area contributed by atoms with Gasteiger partial charge in [0.1, 0.15) is 0 Å². The van der Waals surface area contributed by atoms with Crippen LogP contribution in [-0.4, -0.2) is 23.7 Å². The Kier molecular flexibility index (Phi) is 5.79. The first kappa shape index (κ1) is 15.6. The summed E-state index contributed by atoms with van der Waals surface area (Å²) in [6.07, 6.45) is 0. The van der Waals surface area contributed by atoms with Crippen molar-refractivity contribution in [3.05, 3.63) is 28.2 Å². The summed E-state index contributed by atoms with van der Waals surface area (Å²) in [4.78, 5) is 12.5. The molecule has 1 rings (SSSR count). The quantitative estimate of drug-likeness (QED) is 0.822. The van der Waals surface area contributed by atoms with Gasteiger partial charge in [-0.15, -0.1) is 11.8 Å². The van der Waals surface area contributed by atoms with Gasteiger partial charge in [0, 0.05) is 22.0 Å². The number of rotatable bonds is 5. The minimum atomic E-state index is -0.393. The maximum atomic E-state index is 11.7. The number of carbonyl (C=O) groups is 1. The molecule has 0 saturated heterocycles. The minimum Gasteiger partial charge on any atom is -0.349 e. The van der Waals surface area contributed by atoms with Crippen LogP contribution in [0.2, 0.25) is 10.0 Å². The number of amides is 1. The second-order valence-corrected chi connectivity index (χ2v) is 6.36. The number of nitrogens with one attached hydrogen (secondary N) is 1. The molecule has 0 unspecified atom stereocenters. The summed E-state index contributed by atoms with van der Waals surface area (Å²) in [6.45, 7) is 4.14. The van der Waals surface area contributed by atoms with Gasteiger partial charge < -0.3 is 11.1 Å². The molecule has 1 amide bonds. The summed E-state index contributed by atoms with van der Waals surface area (Å²) in [5.41, 5.74) is 5.15. The molecule has 0 aromatic heterocycles. The smallest absolute Gasteiger partial charge is 0.230 e. The fourth-order valence-electron chi connectivity index (χ4n) is 1.20. The molecule has 0 aliphatic heterocycles. The Morgan fingerprint density at radius 1 is 1.44 bits per heavy atom. The van der Waals surface area contributed by atoms with E-state index >= 15 is 0 Å². The maximum Gasteiger partial charge on any atom is 0.230 e. The fourth-order valence-corrected chi connectivity index (χ4v) is 2.49. The van der Waals surface area contributed by atoms with Crippen LogP contribution in [0, 0.1) is 0 Å². The number of hydrogen-bond donors (Lipinski definition) is 2.